The molecule has 1 aliphatic rings. The number of H-pyrrole nitrogens is 1. The Labute approximate surface area is 128 Å². The van der Waals surface area contributed by atoms with Gasteiger partial charge in [0.05, 0.1) is 16.9 Å². The third kappa shape index (κ3) is 2.30. The van der Waals surface area contributed by atoms with Crippen LogP contribution in [0.3, 0.4) is 0 Å². The Morgan fingerprint density at radius 3 is 2.86 bits per heavy atom. The van der Waals surface area contributed by atoms with Gasteiger partial charge in [0.1, 0.15) is 5.69 Å². The number of anilines is 1. The molecule has 1 fully saturated rings. The van der Waals surface area contributed by atoms with E-state index in [-0.39, 0.29) is 0 Å². The van der Waals surface area contributed by atoms with Crippen LogP contribution in [0.2, 0.25) is 0 Å². The van der Waals surface area contributed by atoms with E-state index in [1.54, 1.807) is 6.20 Å². The fraction of sp³-hybridized carbons (Fsp3) is 0.176. The van der Waals surface area contributed by atoms with E-state index in [2.05, 4.69) is 33.1 Å². The Morgan fingerprint density at radius 2 is 2.09 bits per heavy atom. The summed E-state index contributed by atoms with van der Waals surface area (Å²) in [5.41, 5.74) is 11.3. The van der Waals surface area contributed by atoms with Crippen molar-refractivity contribution in [3.05, 3.63) is 48.9 Å². The van der Waals surface area contributed by atoms with E-state index >= 15 is 0 Å². The third-order valence-electron chi connectivity index (χ3n) is 3.90. The molecule has 0 unspecified atom stereocenters. The number of aromatic amines is 1. The van der Waals surface area contributed by atoms with Crippen LogP contribution in [0.25, 0.3) is 27.7 Å². The normalized spacial score (nSPS) is 14.2. The minimum Gasteiger partial charge on any atom is -0.397 e. The van der Waals surface area contributed by atoms with Crippen molar-refractivity contribution in [2.24, 2.45) is 0 Å². The summed E-state index contributed by atoms with van der Waals surface area (Å²) in [6, 6.07) is 8.64. The number of fused-ring (bicyclic) bond motifs is 1. The lowest BCUT2D eigenvalue weighted by atomic mass is 10.0. The summed E-state index contributed by atoms with van der Waals surface area (Å²) in [4.78, 5) is 4.16. The van der Waals surface area contributed by atoms with Crippen LogP contribution in [-0.4, -0.2) is 21.2 Å². The average molecular weight is 291 g/mol. The fourth-order valence-corrected chi connectivity index (χ4v) is 2.58. The van der Waals surface area contributed by atoms with Gasteiger partial charge in [0.15, 0.2) is 0 Å². The average Bonchev–Trinajstić information content (AvgIpc) is 3.23. The molecule has 0 radical (unpaired) electrons. The van der Waals surface area contributed by atoms with Gasteiger partial charge in [-0.05, 0) is 36.6 Å². The predicted molar refractivity (Wildman–Crippen MR) is 88.9 cm³/mol. The highest BCUT2D eigenvalue weighted by Gasteiger charge is 2.22. The van der Waals surface area contributed by atoms with Gasteiger partial charge in [0.2, 0.25) is 0 Å². The molecular formula is C17H17N5. The van der Waals surface area contributed by atoms with Crippen molar-refractivity contribution in [3.63, 3.8) is 0 Å². The van der Waals surface area contributed by atoms with Gasteiger partial charge in [0, 0.05) is 29.4 Å². The van der Waals surface area contributed by atoms with Crippen LogP contribution in [0.1, 0.15) is 18.5 Å². The molecule has 0 amide bonds. The van der Waals surface area contributed by atoms with Crippen LogP contribution in [0.5, 0.6) is 0 Å². The van der Waals surface area contributed by atoms with Crippen molar-refractivity contribution in [3.8, 4) is 11.1 Å². The summed E-state index contributed by atoms with van der Waals surface area (Å²) < 4.78 is 0. The number of nitrogen functional groups attached to an aromatic ring is 1. The molecule has 0 atom stereocenters. The predicted octanol–water partition coefficient (Wildman–Crippen LogP) is 2.93. The number of nitrogens with two attached hydrogens (primary N) is 1. The second-order valence-electron chi connectivity index (χ2n) is 5.74. The van der Waals surface area contributed by atoms with E-state index in [1.807, 2.05) is 24.4 Å². The largest absolute Gasteiger partial charge is 0.397 e. The topological polar surface area (TPSA) is 79.6 Å². The van der Waals surface area contributed by atoms with Crippen LogP contribution in [0, 0.1) is 0 Å². The second-order valence-corrected chi connectivity index (χ2v) is 5.74. The smallest absolute Gasteiger partial charge is 0.115 e. The summed E-state index contributed by atoms with van der Waals surface area (Å²) >= 11 is 0. The van der Waals surface area contributed by atoms with E-state index in [1.165, 1.54) is 12.8 Å². The van der Waals surface area contributed by atoms with Crippen LogP contribution < -0.4 is 11.1 Å². The van der Waals surface area contributed by atoms with Crippen LogP contribution >= 0.6 is 0 Å². The van der Waals surface area contributed by atoms with Gasteiger partial charge in [-0.1, -0.05) is 12.6 Å². The van der Waals surface area contributed by atoms with E-state index in [0.717, 1.165) is 33.4 Å². The molecule has 110 valence electrons. The maximum absolute atomic E-state index is 5.82. The van der Waals surface area contributed by atoms with E-state index < -0.39 is 0 Å². The molecule has 1 aliphatic carbocycles. The van der Waals surface area contributed by atoms with Crippen molar-refractivity contribution in [2.75, 3.05) is 5.73 Å². The van der Waals surface area contributed by atoms with E-state index in [4.69, 9.17) is 5.73 Å². The van der Waals surface area contributed by atoms with Gasteiger partial charge in [0.25, 0.3) is 0 Å². The van der Waals surface area contributed by atoms with Gasteiger partial charge in [-0.3, -0.25) is 10.1 Å². The standard InChI is InChI=1S/C17H17N5/c1-10(20-14-3-4-14)17-15-7-11(2-5-16(15)21-22-17)12-6-13(18)9-19-8-12/h2,5-9,14,20H,1,3-4,18H2,(H,21,22). The van der Waals surface area contributed by atoms with Gasteiger partial charge < -0.3 is 11.1 Å². The van der Waals surface area contributed by atoms with Crippen molar-refractivity contribution in [1.82, 2.24) is 20.5 Å². The SMILES string of the molecule is C=C(NC1CC1)c1n[nH]c2ccc(-c3cncc(N)c3)cc12. The van der Waals surface area contributed by atoms with Crippen LogP contribution in [-0.2, 0) is 0 Å². The Hall–Kier alpha value is -2.82. The monoisotopic (exact) mass is 291 g/mol. The molecular weight excluding hydrogens is 274 g/mol. The second kappa shape index (κ2) is 4.87. The minimum atomic E-state index is 0.556. The number of rotatable bonds is 4. The van der Waals surface area contributed by atoms with Crippen molar-refractivity contribution in [2.45, 2.75) is 18.9 Å². The summed E-state index contributed by atoms with van der Waals surface area (Å²) in [7, 11) is 0. The van der Waals surface area contributed by atoms with Crippen molar-refractivity contribution < 1.29 is 0 Å². The quantitative estimate of drug-likeness (QED) is 0.690. The molecule has 4 rings (SSSR count). The zero-order valence-electron chi connectivity index (χ0n) is 12.1. The maximum atomic E-state index is 5.82. The first-order valence-electron chi connectivity index (χ1n) is 7.35. The summed E-state index contributed by atoms with van der Waals surface area (Å²) in [6.07, 6.45) is 5.88. The Balaban J connectivity index is 1.77. The number of pyridine rings is 1. The molecule has 5 heteroatoms. The van der Waals surface area contributed by atoms with Crippen molar-refractivity contribution in [1.29, 1.82) is 0 Å². The molecule has 22 heavy (non-hydrogen) atoms. The zero-order valence-corrected chi connectivity index (χ0v) is 12.1. The molecule has 0 spiro atoms. The Morgan fingerprint density at radius 1 is 1.23 bits per heavy atom. The fourth-order valence-electron chi connectivity index (χ4n) is 2.58. The number of nitrogens with zero attached hydrogens (tertiary/aromatic N) is 2. The van der Waals surface area contributed by atoms with E-state index in [9.17, 15) is 0 Å². The lowest BCUT2D eigenvalue weighted by Gasteiger charge is -2.07. The molecule has 1 aromatic carbocycles. The third-order valence-corrected chi connectivity index (χ3v) is 3.90. The van der Waals surface area contributed by atoms with Gasteiger partial charge in [-0.25, -0.2) is 0 Å². The molecule has 0 bridgehead atoms. The van der Waals surface area contributed by atoms with Gasteiger partial charge in [-0.2, -0.15) is 5.10 Å². The minimum absolute atomic E-state index is 0.556. The highest BCUT2D eigenvalue weighted by Crippen LogP contribution is 2.29. The van der Waals surface area contributed by atoms with Gasteiger partial charge >= 0.3 is 0 Å². The summed E-state index contributed by atoms with van der Waals surface area (Å²) in [5, 5.41) is 11.9. The summed E-state index contributed by atoms with van der Waals surface area (Å²) in [6.45, 7) is 4.12. The Bertz CT molecular complexity index is 860. The lowest BCUT2D eigenvalue weighted by Crippen LogP contribution is -2.13. The first-order valence-corrected chi connectivity index (χ1v) is 7.35. The molecule has 5 nitrogen and oxygen atoms in total. The number of benzene rings is 1. The maximum Gasteiger partial charge on any atom is 0.115 e. The number of hydrogen-bond donors (Lipinski definition) is 3. The zero-order chi connectivity index (χ0) is 15.1. The molecule has 2 aromatic heterocycles. The first kappa shape index (κ1) is 12.9. The molecule has 4 N–H and O–H groups in total. The van der Waals surface area contributed by atoms with Crippen LogP contribution in [0.15, 0.2) is 43.2 Å². The summed E-state index contributed by atoms with van der Waals surface area (Å²) in [5.74, 6) is 0. The highest BCUT2D eigenvalue weighted by molar-refractivity contribution is 5.92. The molecule has 0 saturated heterocycles. The molecule has 3 aromatic rings. The van der Waals surface area contributed by atoms with Crippen molar-refractivity contribution >= 4 is 22.3 Å². The molecule has 0 aliphatic heterocycles. The molecule has 2 heterocycles. The number of aromatic nitrogens is 3. The number of hydrogen-bond acceptors (Lipinski definition) is 4. The number of nitrogens with one attached hydrogen (secondary N) is 2. The molecule has 1 saturated carbocycles. The lowest BCUT2D eigenvalue weighted by molar-refractivity contribution is 0.876. The van der Waals surface area contributed by atoms with E-state index in [0.29, 0.717) is 11.7 Å². The van der Waals surface area contributed by atoms with Crippen LogP contribution in [0.4, 0.5) is 5.69 Å². The first-order chi connectivity index (χ1) is 10.7. The Kier molecular flexibility index (Phi) is 2.85. The van der Waals surface area contributed by atoms with Gasteiger partial charge in [-0.15, -0.1) is 0 Å². The highest BCUT2D eigenvalue weighted by atomic mass is 15.1.